The molecular weight excluding hydrogens is 266 g/mol. The molecule has 5 nitrogen and oxygen atoms in total. The number of amides is 2. The van der Waals surface area contributed by atoms with Gasteiger partial charge >= 0.3 is 11.8 Å². The quantitative estimate of drug-likeness (QED) is 0.773. The van der Waals surface area contributed by atoms with Gasteiger partial charge in [0.1, 0.15) is 0 Å². The average Bonchev–Trinajstić information content (AvgIpc) is 2.54. The predicted molar refractivity (Wildman–Crippen MR) is 82.7 cm³/mol. The molecule has 0 aromatic rings. The Balaban J connectivity index is 2.05. The fourth-order valence-corrected chi connectivity index (χ4v) is 3.73. The van der Waals surface area contributed by atoms with Crippen LogP contribution in [0, 0.1) is 0 Å². The number of nitrogens with zero attached hydrogens (tertiary/aromatic N) is 1. The van der Waals surface area contributed by atoms with Gasteiger partial charge in [0, 0.05) is 25.2 Å². The molecule has 0 saturated heterocycles. The third-order valence-electron chi connectivity index (χ3n) is 4.79. The van der Waals surface area contributed by atoms with Gasteiger partial charge in [-0.25, -0.2) is 0 Å². The highest BCUT2D eigenvalue weighted by Crippen LogP contribution is 2.30. The second-order valence-corrected chi connectivity index (χ2v) is 6.34. The minimum atomic E-state index is -0.475. The van der Waals surface area contributed by atoms with E-state index in [2.05, 4.69) is 5.32 Å². The molecule has 0 radical (unpaired) electrons. The first-order valence-corrected chi connectivity index (χ1v) is 8.54. The number of rotatable bonds is 4. The molecule has 2 fully saturated rings. The minimum Gasteiger partial charge on any atom is -0.347 e. The van der Waals surface area contributed by atoms with Crippen LogP contribution in [0.15, 0.2) is 0 Å². The first-order chi connectivity index (χ1) is 10.2. The summed E-state index contributed by atoms with van der Waals surface area (Å²) >= 11 is 0. The summed E-state index contributed by atoms with van der Waals surface area (Å²) in [5.74, 6) is -0.807. The predicted octanol–water partition coefficient (Wildman–Crippen LogP) is 1.56. The molecule has 0 bridgehead atoms. The van der Waals surface area contributed by atoms with Crippen LogP contribution < -0.4 is 11.1 Å². The smallest absolute Gasteiger partial charge is 0.312 e. The minimum absolute atomic E-state index is 0.262. The van der Waals surface area contributed by atoms with Crippen LogP contribution in [0.1, 0.15) is 64.2 Å². The molecule has 0 atom stereocenters. The molecule has 0 aromatic carbocycles. The van der Waals surface area contributed by atoms with Crippen molar-refractivity contribution in [3.8, 4) is 0 Å². The average molecular weight is 295 g/mol. The molecule has 2 amide bonds. The molecule has 0 spiro atoms. The van der Waals surface area contributed by atoms with Crippen molar-refractivity contribution in [2.45, 2.75) is 76.3 Å². The van der Waals surface area contributed by atoms with Crippen molar-refractivity contribution in [3.05, 3.63) is 0 Å². The summed E-state index contributed by atoms with van der Waals surface area (Å²) in [7, 11) is 0. The largest absolute Gasteiger partial charge is 0.347 e. The Kier molecular flexibility index (Phi) is 6.49. The highest BCUT2D eigenvalue weighted by Gasteiger charge is 2.35. The maximum absolute atomic E-state index is 12.6. The van der Waals surface area contributed by atoms with Crippen molar-refractivity contribution < 1.29 is 9.59 Å². The van der Waals surface area contributed by atoms with Gasteiger partial charge in [0.2, 0.25) is 0 Å². The molecule has 2 saturated carbocycles. The first-order valence-electron chi connectivity index (χ1n) is 8.54. The molecule has 3 N–H and O–H groups in total. The topological polar surface area (TPSA) is 75.4 Å². The summed E-state index contributed by atoms with van der Waals surface area (Å²) in [5.41, 5.74) is 5.40. The van der Waals surface area contributed by atoms with Crippen molar-refractivity contribution in [2.75, 3.05) is 13.1 Å². The van der Waals surface area contributed by atoms with Gasteiger partial charge in [0.05, 0.1) is 0 Å². The summed E-state index contributed by atoms with van der Waals surface area (Å²) in [6, 6.07) is 0.524. The van der Waals surface area contributed by atoms with Crippen LogP contribution in [0.5, 0.6) is 0 Å². The summed E-state index contributed by atoms with van der Waals surface area (Å²) in [4.78, 5) is 26.6. The van der Waals surface area contributed by atoms with Crippen LogP contribution in [0.4, 0.5) is 0 Å². The number of hydrogen-bond acceptors (Lipinski definition) is 3. The molecule has 2 aliphatic rings. The van der Waals surface area contributed by atoms with Crippen LogP contribution in [0.25, 0.3) is 0 Å². The summed E-state index contributed by atoms with van der Waals surface area (Å²) < 4.78 is 0. The van der Waals surface area contributed by atoms with Gasteiger partial charge in [-0.1, -0.05) is 38.5 Å². The molecule has 5 heteroatoms. The molecule has 21 heavy (non-hydrogen) atoms. The Morgan fingerprint density at radius 2 is 1.38 bits per heavy atom. The lowest BCUT2D eigenvalue weighted by Gasteiger charge is -2.41. The zero-order valence-electron chi connectivity index (χ0n) is 13.0. The van der Waals surface area contributed by atoms with Gasteiger partial charge in [0.25, 0.3) is 0 Å². The highest BCUT2D eigenvalue weighted by molar-refractivity contribution is 6.35. The lowest BCUT2D eigenvalue weighted by molar-refractivity contribution is -0.150. The van der Waals surface area contributed by atoms with E-state index < -0.39 is 5.91 Å². The maximum atomic E-state index is 12.6. The third-order valence-corrected chi connectivity index (χ3v) is 4.79. The third kappa shape index (κ3) is 4.43. The van der Waals surface area contributed by atoms with Gasteiger partial charge < -0.3 is 16.0 Å². The molecule has 120 valence electrons. The first kappa shape index (κ1) is 16.3. The summed E-state index contributed by atoms with van der Waals surface area (Å²) in [6.07, 6.45) is 11.4. The van der Waals surface area contributed by atoms with Gasteiger partial charge in [0.15, 0.2) is 0 Å². The second-order valence-electron chi connectivity index (χ2n) is 6.34. The Bertz CT molecular complexity index is 329. The Morgan fingerprint density at radius 3 is 1.81 bits per heavy atom. The number of nitrogens with one attached hydrogen (secondary N) is 1. The standard InChI is InChI=1S/C16H29N3O2/c17-11-12-18-15(20)16(21)19(13-7-3-1-4-8-13)14-9-5-2-6-10-14/h13-14H,1-12,17H2,(H,18,20). The lowest BCUT2D eigenvalue weighted by Crippen LogP contribution is -2.54. The lowest BCUT2D eigenvalue weighted by atomic mass is 9.88. The molecular formula is C16H29N3O2. The van der Waals surface area contributed by atoms with Crippen molar-refractivity contribution in [1.82, 2.24) is 10.2 Å². The summed E-state index contributed by atoms with van der Waals surface area (Å²) in [6.45, 7) is 0.736. The normalized spacial score (nSPS) is 21.0. The van der Waals surface area contributed by atoms with Crippen LogP contribution >= 0.6 is 0 Å². The zero-order chi connectivity index (χ0) is 15.1. The van der Waals surface area contributed by atoms with E-state index in [0.29, 0.717) is 13.1 Å². The van der Waals surface area contributed by atoms with E-state index in [1.807, 2.05) is 4.90 Å². The van der Waals surface area contributed by atoms with E-state index in [-0.39, 0.29) is 18.0 Å². The SMILES string of the molecule is NCCNC(=O)C(=O)N(C1CCCCC1)C1CCCCC1. The number of carbonyl (C=O) groups excluding carboxylic acids is 2. The summed E-state index contributed by atoms with van der Waals surface area (Å²) in [5, 5.41) is 2.64. The van der Waals surface area contributed by atoms with E-state index in [1.54, 1.807) is 0 Å². The van der Waals surface area contributed by atoms with Crippen molar-refractivity contribution in [1.29, 1.82) is 0 Å². The van der Waals surface area contributed by atoms with Gasteiger partial charge in [-0.2, -0.15) is 0 Å². The van der Waals surface area contributed by atoms with Crippen molar-refractivity contribution in [3.63, 3.8) is 0 Å². The Morgan fingerprint density at radius 1 is 0.905 bits per heavy atom. The zero-order valence-corrected chi connectivity index (χ0v) is 13.0. The van der Waals surface area contributed by atoms with E-state index in [9.17, 15) is 9.59 Å². The molecule has 0 unspecified atom stereocenters. The number of hydrogen-bond donors (Lipinski definition) is 2. The van der Waals surface area contributed by atoms with Crippen molar-refractivity contribution in [2.24, 2.45) is 5.73 Å². The number of carbonyl (C=O) groups is 2. The van der Waals surface area contributed by atoms with Crippen LogP contribution in [0.2, 0.25) is 0 Å². The van der Waals surface area contributed by atoms with E-state index in [1.165, 1.54) is 38.5 Å². The monoisotopic (exact) mass is 295 g/mol. The molecule has 2 aliphatic carbocycles. The fraction of sp³-hybridized carbons (Fsp3) is 0.875. The molecule has 0 heterocycles. The van der Waals surface area contributed by atoms with Gasteiger partial charge in [-0.05, 0) is 25.7 Å². The maximum Gasteiger partial charge on any atom is 0.312 e. The Hall–Kier alpha value is -1.10. The van der Waals surface area contributed by atoms with Crippen LogP contribution in [0.3, 0.4) is 0 Å². The van der Waals surface area contributed by atoms with E-state index in [4.69, 9.17) is 5.73 Å². The highest BCUT2D eigenvalue weighted by atomic mass is 16.2. The fourth-order valence-electron chi connectivity index (χ4n) is 3.73. The van der Waals surface area contributed by atoms with Gasteiger partial charge in [-0.15, -0.1) is 0 Å². The number of nitrogens with two attached hydrogens (primary N) is 1. The van der Waals surface area contributed by atoms with E-state index in [0.717, 1.165) is 25.7 Å². The van der Waals surface area contributed by atoms with Gasteiger partial charge in [-0.3, -0.25) is 9.59 Å². The second kappa shape index (κ2) is 8.37. The molecule has 2 rings (SSSR count). The molecule has 0 aliphatic heterocycles. The molecule has 0 aromatic heterocycles. The van der Waals surface area contributed by atoms with Crippen LogP contribution in [-0.4, -0.2) is 41.9 Å². The Labute approximate surface area is 127 Å². The van der Waals surface area contributed by atoms with Crippen molar-refractivity contribution >= 4 is 11.8 Å². The van der Waals surface area contributed by atoms with Crippen LogP contribution in [-0.2, 0) is 9.59 Å². The van der Waals surface area contributed by atoms with E-state index >= 15 is 0 Å².